The molecule has 0 aromatic heterocycles. The molecule has 0 fully saturated rings. The van der Waals surface area contributed by atoms with Crippen molar-refractivity contribution < 1.29 is 9.59 Å². The van der Waals surface area contributed by atoms with E-state index in [-0.39, 0.29) is 18.0 Å². The average molecular weight is 277 g/mol. The first-order valence-electron chi connectivity index (χ1n) is 6.75. The topological polar surface area (TPSA) is 70.2 Å². The number of anilines is 2. The summed E-state index contributed by atoms with van der Waals surface area (Å²) in [6.07, 6.45) is 0. The van der Waals surface area contributed by atoms with E-state index in [4.69, 9.17) is 0 Å². The number of carbonyl (C=O) groups is 2. The van der Waals surface area contributed by atoms with Crippen LogP contribution in [0, 0.1) is 12.8 Å². The molecule has 1 atom stereocenters. The molecule has 110 valence electrons. The van der Waals surface area contributed by atoms with Gasteiger partial charge in [0.25, 0.3) is 0 Å². The quantitative estimate of drug-likeness (QED) is 0.791. The molecule has 20 heavy (non-hydrogen) atoms. The average Bonchev–Trinajstić information content (AvgIpc) is 2.32. The van der Waals surface area contributed by atoms with Crippen molar-refractivity contribution in [3.8, 4) is 0 Å². The highest BCUT2D eigenvalue weighted by Gasteiger charge is 2.11. The lowest BCUT2D eigenvalue weighted by molar-refractivity contribution is -0.114. The highest BCUT2D eigenvalue weighted by molar-refractivity contribution is 5.93. The molecular weight excluding hydrogens is 254 g/mol. The lowest BCUT2D eigenvalue weighted by Crippen LogP contribution is -2.39. The fraction of sp³-hybridized carbons (Fsp3) is 0.467. The van der Waals surface area contributed by atoms with Crippen LogP contribution >= 0.6 is 0 Å². The Morgan fingerprint density at radius 1 is 1.10 bits per heavy atom. The number of aryl methyl sites for hydroxylation is 1. The van der Waals surface area contributed by atoms with Crippen LogP contribution in [0.15, 0.2) is 18.2 Å². The second-order valence-corrected chi connectivity index (χ2v) is 5.34. The van der Waals surface area contributed by atoms with Crippen LogP contribution in [0.4, 0.5) is 16.2 Å². The molecule has 5 heteroatoms. The highest BCUT2D eigenvalue weighted by atomic mass is 16.2. The van der Waals surface area contributed by atoms with Crippen LogP contribution in [0.5, 0.6) is 0 Å². The molecule has 0 heterocycles. The predicted molar refractivity (Wildman–Crippen MR) is 81.9 cm³/mol. The second kappa shape index (κ2) is 6.93. The molecule has 5 nitrogen and oxygen atoms in total. The molecule has 3 amide bonds. The number of nitrogens with one attached hydrogen (secondary N) is 3. The van der Waals surface area contributed by atoms with Gasteiger partial charge in [-0.1, -0.05) is 19.9 Å². The zero-order chi connectivity index (χ0) is 15.3. The maximum atomic E-state index is 11.8. The van der Waals surface area contributed by atoms with Gasteiger partial charge < -0.3 is 16.0 Å². The van der Waals surface area contributed by atoms with E-state index in [1.807, 2.05) is 33.8 Å². The van der Waals surface area contributed by atoms with Gasteiger partial charge in [-0.3, -0.25) is 4.79 Å². The highest BCUT2D eigenvalue weighted by Crippen LogP contribution is 2.20. The minimum Gasteiger partial charge on any atom is -0.335 e. The Balaban J connectivity index is 2.73. The van der Waals surface area contributed by atoms with Gasteiger partial charge in [0.15, 0.2) is 0 Å². The Bertz CT molecular complexity index is 498. The van der Waals surface area contributed by atoms with Gasteiger partial charge in [-0.25, -0.2) is 4.79 Å². The third-order valence-corrected chi connectivity index (χ3v) is 3.16. The van der Waals surface area contributed by atoms with Gasteiger partial charge in [0, 0.05) is 24.3 Å². The fourth-order valence-corrected chi connectivity index (χ4v) is 1.56. The van der Waals surface area contributed by atoms with Gasteiger partial charge >= 0.3 is 6.03 Å². The van der Waals surface area contributed by atoms with Gasteiger partial charge in [-0.05, 0) is 37.5 Å². The lowest BCUT2D eigenvalue weighted by Gasteiger charge is -2.18. The lowest BCUT2D eigenvalue weighted by atomic mass is 10.1. The van der Waals surface area contributed by atoms with Crippen LogP contribution in [0.3, 0.4) is 0 Å². The van der Waals surface area contributed by atoms with Crippen molar-refractivity contribution in [3.05, 3.63) is 23.8 Å². The van der Waals surface area contributed by atoms with Crippen LogP contribution in [0.1, 0.15) is 33.3 Å². The van der Waals surface area contributed by atoms with Crippen LogP contribution in [0.2, 0.25) is 0 Å². The molecule has 0 spiro atoms. The van der Waals surface area contributed by atoms with Crippen molar-refractivity contribution in [3.63, 3.8) is 0 Å². The van der Waals surface area contributed by atoms with Gasteiger partial charge in [-0.2, -0.15) is 0 Å². The zero-order valence-electron chi connectivity index (χ0n) is 12.7. The van der Waals surface area contributed by atoms with E-state index in [2.05, 4.69) is 16.0 Å². The first-order chi connectivity index (χ1) is 9.29. The first kappa shape index (κ1) is 16.0. The molecule has 0 radical (unpaired) electrons. The van der Waals surface area contributed by atoms with E-state index in [1.54, 1.807) is 12.1 Å². The van der Waals surface area contributed by atoms with Gasteiger partial charge in [0.05, 0.1) is 0 Å². The molecule has 1 aromatic rings. The Labute approximate surface area is 120 Å². The summed E-state index contributed by atoms with van der Waals surface area (Å²) in [7, 11) is 0. The Hall–Kier alpha value is -2.04. The summed E-state index contributed by atoms with van der Waals surface area (Å²) in [5.74, 6) is 0.233. The molecule has 1 rings (SSSR count). The summed E-state index contributed by atoms with van der Waals surface area (Å²) < 4.78 is 0. The number of rotatable bonds is 4. The summed E-state index contributed by atoms with van der Waals surface area (Å²) >= 11 is 0. The molecule has 0 saturated heterocycles. The van der Waals surface area contributed by atoms with E-state index in [9.17, 15) is 9.59 Å². The molecule has 0 unspecified atom stereocenters. The maximum Gasteiger partial charge on any atom is 0.319 e. The molecule has 0 bridgehead atoms. The van der Waals surface area contributed by atoms with Crippen molar-refractivity contribution in [2.24, 2.45) is 5.92 Å². The van der Waals surface area contributed by atoms with Crippen LogP contribution in [-0.4, -0.2) is 18.0 Å². The number of amides is 3. The summed E-state index contributed by atoms with van der Waals surface area (Å²) in [6.45, 7) is 9.41. The minimum atomic E-state index is -0.246. The van der Waals surface area contributed by atoms with E-state index in [0.717, 1.165) is 5.56 Å². The standard InChI is InChI=1S/C15H23N3O2/c1-9(2)11(4)16-15(20)18-13-7-6-10(3)14(8-13)17-12(5)19/h6-9,11H,1-5H3,(H,17,19)(H2,16,18,20)/t11-/m0/s1. The number of benzene rings is 1. The molecule has 0 aliphatic rings. The van der Waals surface area contributed by atoms with Gasteiger partial charge in [0.2, 0.25) is 5.91 Å². The monoisotopic (exact) mass is 277 g/mol. The van der Waals surface area contributed by atoms with Gasteiger partial charge in [0.1, 0.15) is 0 Å². The van der Waals surface area contributed by atoms with E-state index in [0.29, 0.717) is 17.3 Å². The SMILES string of the molecule is CC(=O)Nc1cc(NC(=O)N[C@@H](C)C(C)C)ccc1C. The largest absolute Gasteiger partial charge is 0.335 e. The third kappa shape index (κ3) is 4.91. The van der Waals surface area contributed by atoms with Crippen molar-refractivity contribution in [2.45, 2.75) is 40.7 Å². The summed E-state index contributed by atoms with van der Waals surface area (Å²) in [5, 5.41) is 8.37. The van der Waals surface area contributed by atoms with Crippen molar-refractivity contribution in [1.82, 2.24) is 5.32 Å². The number of urea groups is 1. The van der Waals surface area contributed by atoms with Crippen molar-refractivity contribution in [1.29, 1.82) is 0 Å². The summed E-state index contributed by atoms with van der Waals surface area (Å²) in [5.41, 5.74) is 2.29. The summed E-state index contributed by atoms with van der Waals surface area (Å²) in [6, 6.07) is 5.25. The van der Waals surface area contributed by atoms with Crippen LogP contribution in [0.25, 0.3) is 0 Å². The number of carbonyl (C=O) groups excluding carboxylic acids is 2. The Morgan fingerprint density at radius 2 is 1.75 bits per heavy atom. The number of hydrogen-bond donors (Lipinski definition) is 3. The molecule has 0 aliphatic heterocycles. The van der Waals surface area contributed by atoms with E-state index < -0.39 is 0 Å². The molecule has 0 aliphatic carbocycles. The number of hydrogen-bond acceptors (Lipinski definition) is 2. The third-order valence-electron chi connectivity index (χ3n) is 3.16. The molecular formula is C15H23N3O2. The fourth-order valence-electron chi connectivity index (χ4n) is 1.56. The van der Waals surface area contributed by atoms with Crippen LogP contribution in [-0.2, 0) is 4.79 Å². The Morgan fingerprint density at radius 3 is 2.30 bits per heavy atom. The van der Waals surface area contributed by atoms with Gasteiger partial charge in [-0.15, -0.1) is 0 Å². The normalized spacial score (nSPS) is 11.9. The molecule has 0 saturated carbocycles. The van der Waals surface area contributed by atoms with Crippen molar-refractivity contribution >= 4 is 23.3 Å². The molecule has 3 N–H and O–H groups in total. The van der Waals surface area contributed by atoms with E-state index >= 15 is 0 Å². The van der Waals surface area contributed by atoms with E-state index in [1.165, 1.54) is 6.92 Å². The van der Waals surface area contributed by atoms with Crippen molar-refractivity contribution in [2.75, 3.05) is 10.6 Å². The Kier molecular flexibility index (Phi) is 5.55. The second-order valence-electron chi connectivity index (χ2n) is 5.34. The zero-order valence-corrected chi connectivity index (χ0v) is 12.7. The maximum absolute atomic E-state index is 11.8. The minimum absolute atomic E-state index is 0.0928. The summed E-state index contributed by atoms with van der Waals surface area (Å²) in [4.78, 5) is 22.9. The van der Waals surface area contributed by atoms with Crippen LogP contribution < -0.4 is 16.0 Å². The molecule has 1 aromatic carbocycles. The predicted octanol–water partition coefficient (Wildman–Crippen LogP) is 3.12. The first-order valence-corrected chi connectivity index (χ1v) is 6.75. The smallest absolute Gasteiger partial charge is 0.319 e.